The molecule has 0 heterocycles. The quantitative estimate of drug-likeness (QED) is 0.615. The third kappa shape index (κ3) is 6.44. The molecular formula is C26H31N3O2. The number of rotatable bonds is 3. The van der Waals surface area contributed by atoms with Gasteiger partial charge in [-0.3, -0.25) is 0 Å². The predicted octanol–water partition coefficient (Wildman–Crippen LogP) is 3.04. The Balaban J connectivity index is 0.000000785. The predicted molar refractivity (Wildman–Crippen MR) is 128 cm³/mol. The Morgan fingerprint density at radius 1 is 0.935 bits per heavy atom. The average molecular weight is 418 g/mol. The summed E-state index contributed by atoms with van der Waals surface area (Å²) in [7, 11) is 8.23. The summed E-state index contributed by atoms with van der Waals surface area (Å²) in [5, 5.41) is 8.89. The van der Waals surface area contributed by atoms with E-state index in [1.807, 2.05) is 6.07 Å². The van der Waals surface area contributed by atoms with E-state index in [1.54, 1.807) is 0 Å². The molecule has 0 aromatic heterocycles. The van der Waals surface area contributed by atoms with E-state index < -0.39 is 5.97 Å². The highest BCUT2D eigenvalue weighted by Gasteiger charge is 2.14. The van der Waals surface area contributed by atoms with Crippen LogP contribution in [0.1, 0.15) is 23.6 Å². The van der Waals surface area contributed by atoms with Gasteiger partial charge >= 0.3 is 0 Å². The minimum Gasteiger partial charge on any atom is -0.550 e. The molecular weight excluding hydrogens is 386 g/mol. The van der Waals surface area contributed by atoms with Crippen molar-refractivity contribution >= 4 is 28.6 Å². The highest BCUT2D eigenvalue weighted by atomic mass is 16.4. The van der Waals surface area contributed by atoms with Crippen molar-refractivity contribution in [2.75, 3.05) is 38.8 Å². The van der Waals surface area contributed by atoms with Crippen LogP contribution in [0, 0.1) is 6.92 Å². The Bertz CT molecular complexity index is 1050. The smallest absolute Gasteiger partial charge is 0.199 e. The first kappa shape index (κ1) is 23.7. The van der Waals surface area contributed by atoms with Gasteiger partial charge in [0.15, 0.2) is 5.71 Å². The molecule has 0 spiro atoms. The summed E-state index contributed by atoms with van der Waals surface area (Å²) < 4.78 is 2.11. The van der Waals surface area contributed by atoms with Crippen LogP contribution in [0.15, 0.2) is 72.3 Å². The van der Waals surface area contributed by atoms with Crippen LogP contribution in [0.3, 0.4) is 0 Å². The summed E-state index contributed by atoms with van der Waals surface area (Å²) in [5.41, 5.74) is 15.1. The standard InChI is InChI=1S/C24H27N3.C2H4O2/c1-17-16-20(10-15-23(17)25)24(18-6-11-21(12-7-18)26(2)3)19-8-13-22(14-9-19)27(4)5;1-2(3)4/h6-16,25H,1-5H3;1H3,(H,3,4). The van der Waals surface area contributed by atoms with Gasteiger partial charge in [-0.2, -0.15) is 0 Å². The second kappa shape index (κ2) is 10.4. The van der Waals surface area contributed by atoms with E-state index in [9.17, 15) is 0 Å². The number of carboxylic acids is 1. The number of aryl methyl sites for hydroxylation is 1. The van der Waals surface area contributed by atoms with E-state index in [0.29, 0.717) is 0 Å². The number of hydrogen-bond donors (Lipinski definition) is 1. The SMILES string of the molecule is CC(=O)[O-].Cc1cc(C(=C2C=CC(=[N+](C)C)C=C2)c2ccc(N(C)C)cc2)ccc1N. The van der Waals surface area contributed by atoms with Crippen molar-refractivity contribution in [2.45, 2.75) is 13.8 Å². The van der Waals surface area contributed by atoms with Crippen LogP contribution in [-0.2, 0) is 4.79 Å². The van der Waals surface area contributed by atoms with E-state index in [2.05, 4.69) is 105 Å². The molecule has 2 aromatic carbocycles. The molecule has 5 heteroatoms. The second-order valence-electron chi connectivity index (χ2n) is 7.82. The van der Waals surface area contributed by atoms with Crippen LogP contribution in [0.25, 0.3) is 5.57 Å². The first-order chi connectivity index (χ1) is 14.6. The van der Waals surface area contributed by atoms with E-state index in [-0.39, 0.29) is 0 Å². The summed E-state index contributed by atoms with van der Waals surface area (Å²) in [4.78, 5) is 11.0. The summed E-state index contributed by atoms with van der Waals surface area (Å²) in [6.45, 7) is 3.03. The average Bonchev–Trinajstić information content (AvgIpc) is 2.71. The zero-order valence-electron chi connectivity index (χ0n) is 19.1. The molecule has 1 aliphatic rings. The van der Waals surface area contributed by atoms with Crippen molar-refractivity contribution in [1.82, 2.24) is 0 Å². The van der Waals surface area contributed by atoms with Gasteiger partial charge in [0.1, 0.15) is 14.1 Å². The Morgan fingerprint density at radius 2 is 1.45 bits per heavy atom. The third-order valence-electron chi connectivity index (χ3n) is 4.90. The first-order valence-corrected chi connectivity index (χ1v) is 10.1. The van der Waals surface area contributed by atoms with Crippen LogP contribution in [0.2, 0.25) is 0 Å². The van der Waals surface area contributed by atoms with Crippen LogP contribution in [-0.4, -0.2) is 44.4 Å². The lowest BCUT2D eigenvalue weighted by atomic mass is 9.89. The molecule has 0 radical (unpaired) electrons. The van der Waals surface area contributed by atoms with Gasteiger partial charge in [-0.05, 0) is 78.1 Å². The fraction of sp³-hybridized carbons (Fsp3) is 0.231. The third-order valence-corrected chi connectivity index (χ3v) is 4.90. The maximum Gasteiger partial charge on any atom is 0.199 e. The molecule has 2 aromatic rings. The van der Waals surface area contributed by atoms with E-state index in [0.717, 1.165) is 18.2 Å². The Labute approximate surface area is 185 Å². The minimum atomic E-state index is -1.08. The highest BCUT2D eigenvalue weighted by molar-refractivity contribution is 6.04. The molecule has 162 valence electrons. The summed E-state index contributed by atoms with van der Waals surface area (Å²) in [6, 6.07) is 15.0. The lowest BCUT2D eigenvalue weighted by Gasteiger charge is -2.17. The monoisotopic (exact) mass is 417 g/mol. The van der Waals surface area contributed by atoms with Gasteiger partial charge in [0.05, 0.1) is 0 Å². The molecule has 31 heavy (non-hydrogen) atoms. The van der Waals surface area contributed by atoms with Crippen molar-refractivity contribution in [1.29, 1.82) is 0 Å². The summed E-state index contributed by atoms with van der Waals surface area (Å²) in [5.74, 6) is -1.08. The van der Waals surface area contributed by atoms with Gasteiger partial charge in [-0.25, -0.2) is 4.58 Å². The summed E-state index contributed by atoms with van der Waals surface area (Å²) >= 11 is 0. The molecule has 0 saturated carbocycles. The minimum absolute atomic E-state index is 0.823. The van der Waals surface area contributed by atoms with Crippen molar-refractivity contribution in [3.05, 3.63) is 89.0 Å². The Hall–Kier alpha value is -3.60. The molecule has 0 fully saturated rings. The highest BCUT2D eigenvalue weighted by Crippen LogP contribution is 2.32. The van der Waals surface area contributed by atoms with E-state index in [1.165, 1.54) is 33.7 Å². The normalized spacial score (nSPS) is 12.2. The van der Waals surface area contributed by atoms with Gasteiger partial charge in [0, 0.05) is 43.6 Å². The van der Waals surface area contributed by atoms with Gasteiger partial charge < -0.3 is 20.5 Å². The molecule has 0 unspecified atom stereocenters. The van der Waals surface area contributed by atoms with Gasteiger partial charge in [-0.15, -0.1) is 0 Å². The zero-order valence-corrected chi connectivity index (χ0v) is 19.1. The van der Waals surface area contributed by atoms with Crippen LogP contribution < -0.4 is 15.7 Å². The topological polar surface area (TPSA) is 72.4 Å². The molecule has 5 nitrogen and oxygen atoms in total. The molecule has 2 N–H and O–H groups in total. The van der Waals surface area contributed by atoms with Crippen molar-refractivity contribution in [2.24, 2.45) is 0 Å². The number of carbonyl (C=O) groups excluding carboxylic acids is 1. The fourth-order valence-corrected chi connectivity index (χ4v) is 3.18. The summed E-state index contributed by atoms with van der Waals surface area (Å²) in [6.07, 6.45) is 8.70. The number of carbonyl (C=O) groups is 1. The van der Waals surface area contributed by atoms with Crippen LogP contribution >= 0.6 is 0 Å². The molecule has 0 saturated heterocycles. The molecule has 0 aliphatic heterocycles. The maximum atomic E-state index is 8.89. The largest absolute Gasteiger partial charge is 0.550 e. The number of benzene rings is 2. The van der Waals surface area contributed by atoms with Crippen LogP contribution in [0.4, 0.5) is 11.4 Å². The van der Waals surface area contributed by atoms with Crippen molar-refractivity contribution in [3.63, 3.8) is 0 Å². The van der Waals surface area contributed by atoms with E-state index in [4.69, 9.17) is 15.6 Å². The second-order valence-corrected chi connectivity index (χ2v) is 7.82. The lowest BCUT2D eigenvalue weighted by molar-refractivity contribution is -0.462. The molecule has 0 amide bonds. The maximum absolute atomic E-state index is 8.89. The fourth-order valence-electron chi connectivity index (χ4n) is 3.18. The number of anilines is 2. The number of allylic oxidation sites excluding steroid dienone is 5. The van der Waals surface area contributed by atoms with Gasteiger partial charge in [-0.1, -0.05) is 18.2 Å². The molecule has 1 aliphatic carbocycles. The number of nitrogens with zero attached hydrogens (tertiary/aromatic N) is 2. The number of nitrogens with two attached hydrogens (primary N) is 1. The van der Waals surface area contributed by atoms with Crippen molar-refractivity contribution < 1.29 is 14.5 Å². The van der Waals surface area contributed by atoms with Gasteiger partial charge in [0.2, 0.25) is 0 Å². The number of carboxylic acid groups (broad SMARTS) is 1. The zero-order chi connectivity index (χ0) is 23.1. The van der Waals surface area contributed by atoms with Crippen molar-refractivity contribution in [3.8, 4) is 0 Å². The number of hydrogen-bond acceptors (Lipinski definition) is 4. The van der Waals surface area contributed by atoms with Crippen LogP contribution in [0.5, 0.6) is 0 Å². The van der Waals surface area contributed by atoms with Gasteiger partial charge in [0.25, 0.3) is 0 Å². The first-order valence-electron chi connectivity index (χ1n) is 10.1. The lowest BCUT2D eigenvalue weighted by Crippen LogP contribution is -2.16. The Kier molecular flexibility index (Phi) is 7.97. The van der Waals surface area contributed by atoms with E-state index >= 15 is 0 Å². The number of aliphatic carboxylic acids is 1. The molecule has 0 bridgehead atoms. The number of nitrogen functional groups attached to an aromatic ring is 1. The molecule has 3 rings (SSSR count). The Morgan fingerprint density at radius 3 is 1.90 bits per heavy atom. The molecule has 0 atom stereocenters.